The van der Waals surface area contributed by atoms with Crippen LogP contribution in [0.15, 0.2) is 36.5 Å². The molecule has 1 rings (SSSR count). The van der Waals surface area contributed by atoms with E-state index in [1.807, 2.05) is 0 Å². The molecule has 0 saturated heterocycles. The highest BCUT2D eigenvalue weighted by molar-refractivity contribution is 5.90. The Balaban J connectivity index is 2.69. The van der Waals surface area contributed by atoms with Crippen molar-refractivity contribution in [3.05, 3.63) is 42.1 Å². The summed E-state index contributed by atoms with van der Waals surface area (Å²) in [6.07, 6.45) is -4.38. The van der Waals surface area contributed by atoms with Crippen LogP contribution in [0.25, 0.3) is 0 Å². The molecule has 0 heterocycles. The second-order valence-electron chi connectivity index (χ2n) is 3.43. The van der Waals surface area contributed by atoms with Gasteiger partial charge >= 0.3 is 12.2 Å². The molecule has 0 aliphatic rings. The second kappa shape index (κ2) is 4.90. The molecular weight excluding hydrogens is 233 g/mol. The molecule has 0 spiro atoms. The van der Waals surface area contributed by atoms with Gasteiger partial charge in [0.1, 0.15) is 0 Å². The van der Waals surface area contributed by atoms with Gasteiger partial charge in [0.15, 0.2) is 0 Å². The van der Waals surface area contributed by atoms with Crippen LogP contribution in [0.4, 0.5) is 23.7 Å². The fourth-order valence-corrected chi connectivity index (χ4v) is 1.10. The molecule has 6 heteroatoms. The third-order valence-electron chi connectivity index (χ3n) is 1.80. The van der Waals surface area contributed by atoms with Crippen molar-refractivity contribution >= 4 is 11.7 Å². The van der Waals surface area contributed by atoms with Crippen LogP contribution < -0.4 is 10.6 Å². The number of anilines is 1. The van der Waals surface area contributed by atoms with Crippen LogP contribution >= 0.6 is 0 Å². The first-order valence-corrected chi connectivity index (χ1v) is 4.70. The molecule has 0 bridgehead atoms. The van der Waals surface area contributed by atoms with Crippen LogP contribution in [-0.4, -0.2) is 6.03 Å². The van der Waals surface area contributed by atoms with Gasteiger partial charge in [0.25, 0.3) is 0 Å². The van der Waals surface area contributed by atoms with E-state index in [4.69, 9.17) is 0 Å². The van der Waals surface area contributed by atoms with Gasteiger partial charge in [0, 0.05) is 11.4 Å². The number of benzene rings is 1. The van der Waals surface area contributed by atoms with Crippen molar-refractivity contribution in [1.29, 1.82) is 0 Å². The molecule has 0 radical (unpaired) electrons. The van der Waals surface area contributed by atoms with E-state index >= 15 is 0 Å². The number of amides is 2. The van der Waals surface area contributed by atoms with Crippen LogP contribution in [0.2, 0.25) is 0 Å². The van der Waals surface area contributed by atoms with Crippen LogP contribution in [0.5, 0.6) is 0 Å². The molecule has 1 aromatic rings. The highest BCUT2D eigenvalue weighted by Crippen LogP contribution is 2.29. The molecular formula is C11H11F3N2O. The van der Waals surface area contributed by atoms with Crippen LogP contribution in [-0.2, 0) is 6.18 Å². The summed E-state index contributed by atoms with van der Waals surface area (Å²) in [5.41, 5.74) is -0.0467. The van der Waals surface area contributed by atoms with Gasteiger partial charge in [-0.1, -0.05) is 6.58 Å². The molecule has 1 aromatic carbocycles. The Labute approximate surface area is 96.3 Å². The lowest BCUT2D eigenvalue weighted by atomic mass is 10.2. The van der Waals surface area contributed by atoms with Gasteiger partial charge in [-0.2, -0.15) is 13.2 Å². The van der Waals surface area contributed by atoms with E-state index in [0.29, 0.717) is 5.70 Å². The summed E-state index contributed by atoms with van der Waals surface area (Å²) in [4.78, 5) is 11.2. The highest BCUT2D eigenvalue weighted by Gasteiger charge is 2.29. The van der Waals surface area contributed by atoms with Crippen molar-refractivity contribution in [1.82, 2.24) is 5.32 Å². The molecule has 0 saturated carbocycles. The number of allylic oxidation sites excluding steroid dienone is 1. The fraction of sp³-hybridized carbons (Fsp3) is 0.182. The lowest BCUT2D eigenvalue weighted by Gasteiger charge is -2.09. The van der Waals surface area contributed by atoms with E-state index in [0.717, 1.165) is 12.1 Å². The Morgan fingerprint density at radius 2 is 1.76 bits per heavy atom. The van der Waals surface area contributed by atoms with E-state index in [1.165, 1.54) is 12.1 Å². The molecule has 2 N–H and O–H groups in total. The van der Waals surface area contributed by atoms with E-state index in [2.05, 4.69) is 17.2 Å². The lowest BCUT2D eigenvalue weighted by Crippen LogP contribution is -2.26. The van der Waals surface area contributed by atoms with Crippen molar-refractivity contribution in [2.45, 2.75) is 13.1 Å². The third-order valence-corrected chi connectivity index (χ3v) is 1.80. The quantitative estimate of drug-likeness (QED) is 0.822. The molecule has 0 fully saturated rings. The van der Waals surface area contributed by atoms with Gasteiger partial charge in [-0.25, -0.2) is 4.79 Å². The van der Waals surface area contributed by atoms with Gasteiger partial charge in [-0.05, 0) is 31.2 Å². The van der Waals surface area contributed by atoms with E-state index < -0.39 is 17.8 Å². The summed E-state index contributed by atoms with van der Waals surface area (Å²) >= 11 is 0. The lowest BCUT2D eigenvalue weighted by molar-refractivity contribution is -0.137. The third kappa shape index (κ3) is 4.18. The monoisotopic (exact) mass is 244 g/mol. The predicted molar refractivity (Wildman–Crippen MR) is 58.4 cm³/mol. The number of rotatable bonds is 2. The average Bonchev–Trinajstić information content (AvgIpc) is 2.15. The zero-order chi connectivity index (χ0) is 13.1. The minimum atomic E-state index is -4.38. The largest absolute Gasteiger partial charge is 0.416 e. The topological polar surface area (TPSA) is 41.1 Å². The number of nitrogens with one attached hydrogen (secondary N) is 2. The Hall–Kier alpha value is -1.98. The summed E-state index contributed by atoms with van der Waals surface area (Å²) in [6.45, 7) is 5.05. The van der Waals surface area contributed by atoms with E-state index in [1.54, 1.807) is 6.92 Å². The minimum Gasteiger partial charge on any atom is -0.312 e. The van der Waals surface area contributed by atoms with Gasteiger partial charge < -0.3 is 10.6 Å². The Morgan fingerprint density at radius 3 is 2.18 bits per heavy atom. The SMILES string of the molecule is C=C(C)NC(=O)Nc1ccc(C(F)(F)F)cc1. The van der Waals surface area contributed by atoms with E-state index in [9.17, 15) is 18.0 Å². The maximum Gasteiger partial charge on any atom is 0.416 e. The fourth-order valence-electron chi connectivity index (χ4n) is 1.10. The number of urea groups is 1. The van der Waals surface area contributed by atoms with Gasteiger partial charge in [-0.3, -0.25) is 0 Å². The summed E-state index contributed by atoms with van der Waals surface area (Å²) in [5.74, 6) is 0. The van der Waals surface area contributed by atoms with Crippen LogP contribution in [0.1, 0.15) is 12.5 Å². The number of hydrogen-bond acceptors (Lipinski definition) is 1. The highest BCUT2D eigenvalue weighted by atomic mass is 19.4. The van der Waals surface area contributed by atoms with Crippen molar-refractivity contribution < 1.29 is 18.0 Å². The Bertz CT molecular complexity index is 423. The van der Waals surface area contributed by atoms with Crippen molar-refractivity contribution in [3.63, 3.8) is 0 Å². The predicted octanol–water partition coefficient (Wildman–Crippen LogP) is 3.36. The van der Waals surface area contributed by atoms with Gasteiger partial charge in [0.2, 0.25) is 0 Å². The molecule has 17 heavy (non-hydrogen) atoms. The number of carbonyl (C=O) groups excluding carboxylic acids is 1. The zero-order valence-electron chi connectivity index (χ0n) is 9.06. The zero-order valence-corrected chi connectivity index (χ0v) is 9.06. The standard InChI is InChI=1S/C11H11F3N2O/c1-7(2)15-10(17)16-9-5-3-8(4-6-9)11(12,13)14/h3-6H,1H2,2H3,(H2,15,16,17). The maximum absolute atomic E-state index is 12.2. The molecule has 2 amide bonds. The molecule has 3 nitrogen and oxygen atoms in total. The normalized spacial score (nSPS) is 10.8. The van der Waals surface area contributed by atoms with Crippen molar-refractivity contribution in [2.75, 3.05) is 5.32 Å². The van der Waals surface area contributed by atoms with Crippen LogP contribution in [0.3, 0.4) is 0 Å². The van der Waals surface area contributed by atoms with Gasteiger partial charge in [-0.15, -0.1) is 0 Å². The Morgan fingerprint density at radius 1 is 1.24 bits per heavy atom. The Kier molecular flexibility index (Phi) is 3.77. The minimum absolute atomic E-state index is 0.275. The maximum atomic E-state index is 12.2. The number of halogens is 3. The molecule has 0 aliphatic carbocycles. The number of alkyl halides is 3. The average molecular weight is 244 g/mol. The van der Waals surface area contributed by atoms with Gasteiger partial charge in [0.05, 0.1) is 5.56 Å². The molecule has 92 valence electrons. The second-order valence-corrected chi connectivity index (χ2v) is 3.43. The first-order chi connectivity index (χ1) is 7.79. The van der Waals surface area contributed by atoms with E-state index in [-0.39, 0.29) is 5.69 Å². The summed E-state index contributed by atoms with van der Waals surface area (Å²) in [5, 5.41) is 4.74. The van der Waals surface area contributed by atoms with Crippen LogP contribution in [0, 0.1) is 0 Å². The first kappa shape index (κ1) is 13.1. The first-order valence-electron chi connectivity index (χ1n) is 4.70. The number of carbonyl (C=O) groups is 1. The summed E-state index contributed by atoms with van der Waals surface area (Å²) < 4.78 is 36.7. The molecule has 0 aromatic heterocycles. The summed E-state index contributed by atoms with van der Waals surface area (Å²) in [6, 6.07) is 3.62. The molecule has 0 unspecified atom stereocenters. The van der Waals surface area contributed by atoms with Crippen molar-refractivity contribution in [2.24, 2.45) is 0 Å². The molecule has 0 atom stereocenters. The molecule has 0 aliphatic heterocycles. The number of hydrogen-bond donors (Lipinski definition) is 2. The smallest absolute Gasteiger partial charge is 0.312 e. The van der Waals surface area contributed by atoms with Crippen molar-refractivity contribution in [3.8, 4) is 0 Å². The summed E-state index contributed by atoms with van der Waals surface area (Å²) in [7, 11) is 0.